The van der Waals surface area contributed by atoms with Gasteiger partial charge in [0, 0.05) is 13.0 Å². The predicted octanol–water partition coefficient (Wildman–Crippen LogP) is 2.18. The van der Waals surface area contributed by atoms with Crippen molar-refractivity contribution in [1.29, 1.82) is 0 Å². The molecule has 2 amide bonds. The highest BCUT2D eigenvalue weighted by molar-refractivity contribution is 7.94. The van der Waals surface area contributed by atoms with Crippen molar-refractivity contribution in [2.45, 2.75) is 26.7 Å². The SMILES string of the molecule is CC(C)CCNC(=O)c1ccc(N2C(=O)CCS2(=O)=O)cc1Cl. The van der Waals surface area contributed by atoms with Gasteiger partial charge in [0.15, 0.2) is 0 Å². The Morgan fingerprint density at radius 2 is 2.09 bits per heavy atom. The first kappa shape index (κ1) is 17.7. The Morgan fingerprint density at radius 1 is 1.39 bits per heavy atom. The van der Waals surface area contributed by atoms with Gasteiger partial charge in [-0.05, 0) is 30.5 Å². The molecule has 1 aromatic rings. The lowest BCUT2D eigenvalue weighted by Crippen LogP contribution is -2.29. The van der Waals surface area contributed by atoms with Crippen molar-refractivity contribution in [3.63, 3.8) is 0 Å². The molecule has 8 heteroatoms. The largest absolute Gasteiger partial charge is 0.352 e. The van der Waals surface area contributed by atoms with Crippen LogP contribution in [0.15, 0.2) is 18.2 Å². The van der Waals surface area contributed by atoms with Crippen LogP contribution in [0.5, 0.6) is 0 Å². The van der Waals surface area contributed by atoms with Crippen LogP contribution in [0.2, 0.25) is 5.02 Å². The molecule has 1 saturated heterocycles. The standard InChI is InChI=1S/C15H19ClN2O4S/c1-10(2)5-7-17-15(20)12-4-3-11(9-13(12)16)18-14(19)6-8-23(18,21)22/h3-4,9-10H,5-8H2,1-2H3,(H,17,20). The quantitative estimate of drug-likeness (QED) is 0.874. The molecule has 23 heavy (non-hydrogen) atoms. The van der Waals surface area contributed by atoms with Gasteiger partial charge >= 0.3 is 0 Å². The maximum Gasteiger partial charge on any atom is 0.252 e. The molecule has 1 fully saturated rings. The predicted molar refractivity (Wildman–Crippen MR) is 89.1 cm³/mol. The third kappa shape index (κ3) is 4.03. The second-order valence-electron chi connectivity index (χ2n) is 5.83. The average molecular weight is 359 g/mol. The topological polar surface area (TPSA) is 83.6 Å². The fraction of sp³-hybridized carbons (Fsp3) is 0.467. The number of nitrogens with one attached hydrogen (secondary N) is 1. The van der Waals surface area contributed by atoms with Crippen LogP contribution in [0, 0.1) is 5.92 Å². The molecule has 0 spiro atoms. The fourth-order valence-corrected chi connectivity index (χ4v) is 3.97. The Morgan fingerprint density at radius 3 is 2.61 bits per heavy atom. The molecule has 2 rings (SSSR count). The van der Waals surface area contributed by atoms with Gasteiger partial charge < -0.3 is 5.32 Å². The Labute approximate surface area is 140 Å². The molecule has 1 aromatic carbocycles. The first-order valence-corrected chi connectivity index (χ1v) is 9.34. The molecular weight excluding hydrogens is 340 g/mol. The zero-order valence-corrected chi connectivity index (χ0v) is 14.6. The molecule has 0 unspecified atom stereocenters. The van der Waals surface area contributed by atoms with Crippen molar-refractivity contribution in [3.8, 4) is 0 Å². The van der Waals surface area contributed by atoms with Gasteiger partial charge in [0.05, 0.1) is 22.0 Å². The van der Waals surface area contributed by atoms with E-state index in [0.29, 0.717) is 12.5 Å². The second kappa shape index (κ2) is 6.88. The summed E-state index contributed by atoms with van der Waals surface area (Å²) in [4.78, 5) is 23.8. The molecule has 6 nitrogen and oxygen atoms in total. The van der Waals surface area contributed by atoms with Crippen LogP contribution in [0.25, 0.3) is 0 Å². The minimum Gasteiger partial charge on any atom is -0.352 e. The normalized spacial score (nSPS) is 16.9. The van der Waals surface area contributed by atoms with E-state index in [1.165, 1.54) is 18.2 Å². The van der Waals surface area contributed by atoms with E-state index in [1.54, 1.807) is 0 Å². The van der Waals surface area contributed by atoms with Crippen LogP contribution in [0.4, 0.5) is 5.69 Å². The Hall–Kier alpha value is -1.60. The molecule has 0 radical (unpaired) electrons. The summed E-state index contributed by atoms with van der Waals surface area (Å²) in [5.74, 6) is -0.548. The molecule has 1 heterocycles. The molecule has 126 valence electrons. The van der Waals surface area contributed by atoms with E-state index >= 15 is 0 Å². The lowest BCUT2D eigenvalue weighted by atomic mass is 10.1. The van der Waals surface area contributed by atoms with E-state index < -0.39 is 15.9 Å². The minimum absolute atomic E-state index is 0.0443. The zero-order valence-electron chi connectivity index (χ0n) is 13.0. The van der Waals surface area contributed by atoms with Gasteiger partial charge in [0.2, 0.25) is 15.9 Å². The summed E-state index contributed by atoms with van der Waals surface area (Å²) in [7, 11) is -3.64. The Bertz CT molecular complexity index is 731. The summed E-state index contributed by atoms with van der Waals surface area (Å²) in [6.45, 7) is 4.65. The third-order valence-corrected chi connectivity index (χ3v) is 5.52. The van der Waals surface area contributed by atoms with Crippen molar-refractivity contribution in [3.05, 3.63) is 28.8 Å². The monoisotopic (exact) mass is 358 g/mol. The van der Waals surface area contributed by atoms with Gasteiger partial charge in [-0.25, -0.2) is 12.7 Å². The van der Waals surface area contributed by atoms with Gasteiger partial charge in [-0.2, -0.15) is 0 Å². The van der Waals surface area contributed by atoms with Crippen molar-refractivity contribution in [2.24, 2.45) is 5.92 Å². The van der Waals surface area contributed by atoms with E-state index in [1.807, 2.05) is 0 Å². The van der Waals surface area contributed by atoms with E-state index in [9.17, 15) is 18.0 Å². The summed E-state index contributed by atoms with van der Waals surface area (Å²) in [5.41, 5.74) is 0.416. The highest BCUT2D eigenvalue weighted by Gasteiger charge is 2.36. The number of carbonyl (C=O) groups is 2. The molecule has 0 atom stereocenters. The van der Waals surface area contributed by atoms with Crippen LogP contribution in [0.3, 0.4) is 0 Å². The molecule has 0 bridgehead atoms. The summed E-state index contributed by atoms with van der Waals surface area (Å²) < 4.78 is 24.5. The first-order valence-electron chi connectivity index (χ1n) is 7.36. The summed E-state index contributed by atoms with van der Waals surface area (Å²) in [6, 6.07) is 4.19. The lowest BCUT2D eigenvalue weighted by molar-refractivity contribution is -0.116. The van der Waals surface area contributed by atoms with Gasteiger partial charge in [-0.15, -0.1) is 0 Å². The number of anilines is 1. The zero-order chi connectivity index (χ0) is 17.2. The molecular formula is C15H19ClN2O4S. The van der Waals surface area contributed by atoms with Crippen LogP contribution in [0.1, 0.15) is 37.0 Å². The molecule has 0 aromatic heterocycles. The Kier molecular flexibility index (Phi) is 5.31. The number of benzene rings is 1. The third-order valence-electron chi connectivity index (χ3n) is 3.52. The van der Waals surface area contributed by atoms with Crippen LogP contribution < -0.4 is 9.62 Å². The van der Waals surface area contributed by atoms with Gasteiger partial charge in [-0.1, -0.05) is 25.4 Å². The molecule has 1 aliphatic heterocycles. The number of hydrogen-bond acceptors (Lipinski definition) is 4. The van der Waals surface area contributed by atoms with Crippen LogP contribution in [-0.4, -0.2) is 32.5 Å². The second-order valence-corrected chi connectivity index (χ2v) is 8.17. The lowest BCUT2D eigenvalue weighted by Gasteiger charge is -2.16. The van der Waals surface area contributed by atoms with Gasteiger partial charge in [-0.3, -0.25) is 9.59 Å². The number of rotatable bonds is 5. The average Bonchev–Trinajstić information content (AvgIpc) is 2.71. The highest BCUT2D eigenvalue weighted by atomic mass is 35.5. The number of amides is 2. The summed E-state index contributed by atoms with van der Waals surface area (Å²) >= 11 is 6.09. The Balaban J connectivity index is 2.18. The van der Waals surface area contributed by atoms with Crippen molar-refractivity contribution in [2.75, 3.05) is 16.6 Å². The smallest absolute Gasteiger partial charge is 0.252 e. The van der Waals surface area contributed by atoms with Crippen LogP contribution in [-0.2, 0) is 14.8 Å². The summed E-state index contributed by atoms with van der Waals surface area (Å²) in [5, 5.41) is 2.87. The molecule has 1 N–H and O–H groups in total. The highest BCUT2D eigenvalue weighted by Crippen LogP contribution is 2.29. The maximum atomic E-state index is 12.1. The van der Waals surface area contributed by atoms with E-state index in [2.05, 4.69) is 19.2 Å². The van der Waals surface area contributed by atoms with E-state index in [-0.39, 0.29) is 34.4 Å². The number of sulfonamides is 1. The van der Waals surface area contributed by atoms with E-state index in [4.69, 9.17) is 11.6 Å². The maximum absolute atomic E-state index is 12.1. The van der Waals surface area contributed by atoms with Gasteiger partial charge in [0.1, 0.15) is 0 Å². The number of carbonyl (C=O) groups excluding carboxylic acids is 2. The molecule has 0 saturated carbocycles. The summed E-state index contributed by atoms with van der Waals surface area (Å²) in [6.07, 6.45) is 0.805. The number of halogens is 1. The van der Waals surface area contributed by atoms with Crippen LogP contribution >= 0.6 is 11.6 Å². The number of nitrogens with zero attached hydrogens (tertiary/aromatic N) is 1. The molecule has 0 aliphatic carbocycles. The fourth-order valence-electron chi connectivity index (χ4n) is 2.25. The molecule has 1 aliphatic rings. The van der Waals surface area contributed by atoms with Gasteiger partial charge in [0.25, 0.3) is 5.91 Å². The van der Waals surface area contributed by atoms with E-state index in [0.717, 1.165) is 10.7 Å². The van der Waals surface area contributed by atoms with Crippen molar-refractivity contribution < 1.29 is 18.0 Å². The first-order chi connectivity index (χ1) is 10.7. The van der Waals surface area contributed by atoms with Crippen molar-refractivity contribution in [1.82, 2.24) is 5.32 Å². The minimum atomic E-state index is -3.64. The van der Waals surface area contributed by atoms with Crippen molar-refractivity contribution >= 4 is 39.1 Å². The number of hydrogen-bond donors (Lipinski definition) is 1.